The minimum Gasteiger partial charge on any atom is -0.468 e. The van der Waals surface area contributed by atoms with Crippen molar-refractivity contribution in [2.24, 2.45) is 0 Å². The van der Waals surface area contributed by atoms with E-state index in [-0.39, 0.29) is 11.2 Å². The van der Waals surface area contributed by atoms with E-state index in [0.717, 1.165) is 11.4 Å². The zero-order valence-corrected chi connectivity index (χ0v) is 13.6. The third-order valence-electron chi connectivity index (χ3n) is 2.93. The number of ether oxygens (including phenoxy) is 1. The Labute approximate surface area is 132 Å². The fourth-order valence-corrected chi connectivity index (χ4v) is 3.00. The molecule has 1 heterocycles. The molecule has 112 valence electrons. The topological polar surface area (TPSA) is 57.0 Å². The lowest BCUT2D eigenvalue weighted by Crippen LogP contribution is -2.15. The number of esters is 1. The van der Waals surface area contributed by atoms with Crippen LogP contribution >= 0.6 is 23.4 Å². The third kappa shape index (κ3) is 3.57. The number of carbonyl (C=O) groups is 1. The van der Waals surface area contributed by atoms with E-state index < -0.39 is 0 Å². The highest BCUT2D eigenvalue weighted by Crippen LogP contribution is 2.28. The number of nitrogens with zero attached hydrogens (tertiary/aromatic N) is 3. The fourth-order valence-electron chi connectivity index (χ4n) is 1.87. The first-order chi connectivity index (χ1) is 10.1. The van der Waals surface area contributed by atoms with E-state index in [1.807, 2.05) is 35.8 Å². The maximum absolute atomic E-state index is 11.5. The van der Waals surface area contributed by atoms with E-state index in [9.17, 15) is 4.79 Å². The van der Waals surface area contributed by atoms with Crippen LogP contribution < -0.4 is 0 Å². The number of methoxy groups -OCH3 is 1. The van der Waals surface area contributed by atoms with Crippen molar-refractivity contribution in [3.63, 3.8) is 0 Å². The molecule has 0 amide bonds. The van der Waals surface area contributed by atoms with Crippen LogP contribution in [0.4, 0.5) is 0 Å². The molecule has 0 saturated carbocycles. The highest BCUT2D eigenvalue weighted by atomic mass is 35.5. The highest BCUT2D eigenvalue weighted by molar-refractivity contribution is 8.00. The Hall–Kier alpha value is -1.53. The van der Waals surface area contributed by atoms with Crippen molar-refractivity contribution in [1.29, 1.82) is 0 Å². The van der Waals surface area contributed by atoms with Gasteiger partial charge in [-0.3, -0.25) is 4.79 Å². The van der Waals surface area contributed by atoms with Crippen molar-refractivity contribution >= 4 is 29.3 Å². The molecular formula is C14H16ClN3O2S. The van der Waals surface area contributed by atoms with Crippen LogP contribution in [-0.4, -0.2) is 33.1 Å². The number of aromatic nitrogens is 3. The molecule has 1 aromatic heterocycles. The Bertz CT molecular complexity index is 645. The van der Waals surface area contributed by atoms with Crippen LogP contribution in [0.3, 0.4) is 0 Å². The Kier molecular flexibility index (Phi) is 5.25. The number of thioether (sulfide) groups is 1. The van der Waals surface area contributed by atoms with E-state index >= 15 is 0 Å². The van der Waals surface area contributed by atoms with Gasteiger partial charge in [-0.25, -0.2) is 0 Å². The Morgan fingerprint density at radius 2 is 2.24 bits per heavy atom. The Balaban J connectivity index is 2.32. The van der Waals surface area contributed by atoms with Crippen molar-refractivity contribution in [1.82, 2.24) is 14.8 Å². The van der Waals surface area contributed by atoms with E-state index in [4.69, 9.17) is 16.3 Å². The number of halogens is 1. The van der Waals surface area contributed by atoms with Crippen LogP contribution in [0.2, 0.25) is 5.02 Å². The number of hydrogen-bond donors (Lipinski definition) is 0. The van der Waals surface area contributed by atoms with Crippen molar-refractivity contribution in [3.8, 4) is 11.4 Å². The molecule has 0 N–H and O–H groups in total. The first-order valence-corrected chi connectivity index (χ1v) is 7.76. The summed E-state index contributed by atoms with van der Waals surface area (Å²) in [6.07, 6.45) is 0. The molecule has 0 bridgehead atoms. The average Bonchev–Trinajstić information content (AvgIpc) is 2.88. The summed E-state index contributed by atoms with van der Waals surface area (Å²) in [6, 6.07) is 7.46. The van der Waals surface area contributed by atoms with Crippen molar-refractivity contribution in [2.75, 3.05) is 7.11 Å². The first kappa shape index (κ1) is 15.9. The standard InChI is InChI=1S/C14H16ClN3O2S/c1-4-18-12(10-6-5-7-11(15)8-10)16-17-14(18)21-9(2)13(19)20-3/h5-9H,4H2,1-3H3. The van der Waals surface area contributed by atoms with Crippen LogP contribution in [0.25, 0.3) is 11.4 Å². The van der Waals surface area contributed by atoms with Crippen molar-refractivity contribution < 1.29 is 9.53 Å². The van der Waals surface area contributed by atoms with Gasteiger partial charge in [-0.05, 0) is 26.0 Å². The molecule has 7 heteroatoms. The van der Waals surface area contributed by atoms with E-state index in [0.29, 0.717) is 16.7 Å². The predicted octanol–water partition coefficient (Wildman–Crippen LogP) is 3.27. The maximum Gasteiger partial charge on any atom is 0.318 e. The molecule has 1 aromatic carbocycles. The molecule has 0 aliphatic carbocycles. The van der Waals surface area contributed by atoms with Crippen LogP contribution in [0.1, 0.15) is 13.8 Å². The first-order valence-electron chi connectivity index (χ1n) is 6.50. The van der Waals surface area contributed by atoms with Crippen LogP contribution in [0.5, 0.6) is 0 Å². The van der Waals surface area contributed by atoms with Gasteiger partial charge in [0, 0.05) is 17.1 Å². The summed E-state index contributed by atoms with van der Waals surface area (Å²) in [5, 5.41) is 9.39. The smallest absolute Gasteiger partial charge is 0.318 e. The van der Waals surface area contributed by atoms with E-state index in [1.54, 1.807) is 6.92 Å². The summed E-state index contributed by atoms with van der Waals surface area (Å²) in [6.45, 7) is 4.49. The van der Waals surface area contributed by atoms with Gasteiger partial charge in [0.25, 0.3) is 0 Å². The van der Waals surface area contributed by atoms with E-state index in [1.165, 1.54) is 18.9 Å². The van der Waals surface area contributed by atoms with Crippen molar-refractivity contribution in [2.45, 2.75) is 30.8 Å². The second-order valence-electron chi connectivity index (χ2n) is 4.34. The van der Waals surface area contributed by atoms with Crippen LogP contribution in [0.15, 0.2) is 29.4 Å². The van der Waals surface area contributed by atoms with Gasteiger partial charge in [0.1, 0.15) is 5.25 Å². The Morgan fingerprint density at radius 1 is 1.48 bits per heavy atom. The van der Waals surface area contributed by atoms with Gasteiger partial charge in [-0.2, -0.15) is 0 Å². The predicted molar refractivity (Wildman–Crippen MR) is 83.5 cm³/mol. The van der Waals surface area contributed by atoms with Gasteiger partial charge in [-0.1, -0.05) is 35.5 Å². The minimum atomic E-state index is -0.336. The third-order valence-corrected chi connectivity index (χ3v) is 4.23. The summed E-state index contributed by atoms with van der Waals surface area (Å²) in [5.41, 5.74) is 0.898. The average molecular weight is 326 g/mol. The second kappa shape index (κ2) is 6.95. The fraction of sp³-hybridized carbons (Fsp3) is 0.357. The number of carbonyl (C=O) groups excluding carboxylic acids is 1. The molecule has 0 aliphatic heterocycles. The van der Waals surface area contributed by atoms with Crippen LogP contribution in [-0.2, 0) is 16.1 Å². The molecule has 2 aromatic rings. The van der Waals surface area contributed by atoms with Crippen molar-refractivity contribution in [3.05, 3.63) is 29.3 Å². The molecular weight excluding hydrogens is 310 g/mol. The molecule has 1 unspecified atom stereocenters. The summed E-state index contributed by atoms with van der Waals surface area (Å²) < 4.78 is 6.68. The molecule has 1 atom stereocenters. The lowest BCUT2D eigenvalue weighted by molar-refractivity contribution is -0.139. The SMILES string of the molecule is CCn1c(SC(C)C(=O)OC)nnc1-c1cccc(Cl)c1. The van der Waals surface area contributed by atoms with Gasteiger partial charge >= 0.3 is 5.97 Å². The summed E-state index contributed by atoms with van der Waals surface area (Å²) in [7, 11) is 1.38. The summed E-state index contributed by atoms with van der Waals surface area (Å²) in [5.74, 6) is 0.453. The quantitative estimate of drug-likeness (QED) is 0.623. The zero-order chi connectivity index (χ0) is 15.4. The highest BCUT2D eigenvalue weighted by Gasteiger charge is 2.20. The van der Waals surface area contributed by atoms with Gasteiger partial charge in [0.2, 0.25) is 0 Å². The van der Waals surface area contributed by atoms with Gasteiger partial charge in [0.05, 0.1) is 7.11 Å². The largest absolute Gasteiger partial charge is 0.468 e. The molecule has 0 fully saturated rings. The van der Waals surface area contributed by atoms with Gasteiger partial charge in [-0.15, -0.1) is 10.2 Å². The normalized spacial score (nSPS) is 12.2. The molecule has 0 aliphatic rings. The van der Waals surface area contributed by atoms with Gasteiger partial charge < -0.3 is 9.30 Å². The molecule has 5 nitrogen and oxygen atoms in total. The summed E-state index contributed by atoms with van der Waals surface area (Å²) in [4.78, 5) is 11.5. The van der Waals surface area contributed by atoms with E-state index in [2.05, 4.69) is 10.2 Å². The molecule has 0 spiro atoms. The number of rotatable bonds is 5. The maximum atomic E-state index is 11.5. The Morgan fingerprint density at radius 3 is 2.86 bits per heavy atom. The van der Waals surface area contributed by atoms with Gasteiger partial charge in [0.15, 0.2) is 11.0 Å². The number of benzene rings is 1. The summed E-state index contributed by atoms with van der Waals surface area (Å²) >= 11 is 7.35. The molecule has 21 heavy (non-hydrogen) atoms. The minimum absolute atomic E-state index is 0.282. The van der Waals surface area contributed by atoms with Crippen LogP contribution in [0, 0.1) is 0 Å². The molecule has 0 saturated heterocycles. The monoisotopic (exact) mass is 325 g/mol. The number of hydrogen-bond acceptors (Lipinski definition) is 5. The molecule has 0 radical (unpaired) electrons. The lowest BCUT2D eigenvalue weighted by atomic mass is 10.2. The lowest BCUT2D eigenvalue weighted by Gasteiger charge is -2.10. The zero-order valence-electron chi connectivity index (χ0n) is 12.0. The second-order valence-corrected chi connectivity index (χ2v) is 6.09. The molecule has 2 rings (SSSR count).